The molecule has 1 N–H and O–H groups in total. The number of nitrogens with zero attached hydrogens (tertiary/aromatic N) is 2. The first-order chi connectivity index (χ1) is 15.9. The standard InChI is InChI=1S/C28H32FN3O/c1-21(2)31-27(33)28(12-15-32(16-13-28)20-22-7-6-14-30-19-22)18-24-8-3-4-11-26(24)23-9-5-10-25(29)17-23/h3-11,14,17,19,21H,12-13,15-16,18,20H2,1-2H3,(H,31,33). The molecule has 0 saturated carbocycles. The van der Waals surface area contributed by atoms with Gasteiger partial charge in [-0.3, -0.25) is 14.7 Å². The van der Waals surface area contributed by atoms with E-state index >= 15 is 0 Å². The number of hydrogen-bond acceptors (Lipinski definition) is 3. The Labute approximate surface area is 195 Å². The van der Waals surface area contributed by atoms with Gasteiger partial charge in [-0.1, -0.05) is 42.5 Å². The molecule has 33 heavy (non-hydrogen) atoms. The Morgan fingerprint density at radius 1 is 1.09 bits per heavy atom. The van der Waals surface area contributed by atoms with E-state index in [1.165, 1.54) is 11.6 Å². The van der Waals surface area contributed by atoms with Crippen molar-refractivity contribution >= 4 is 5.91 Å². The summed E-state index contributed by atoms with van der Waals surface area (Å²) < 4.78 is 13.9. The number of benzene rings is 2. The van der Waals surface area contributed by atoms with Crippen LogP contribution in [-0.2, 0) is 17.8 Å². The van der Waals surface area contributed by atoms with Crippen molar-refractivity contribution in [3.8, 4) is 11.1 Å². The fraction of sp³-hybridized carbons (Fsp3) is 0.357. The van der Waals surface area contributed by atoms with Crippen molar-refractivity contribution in [2.75, 3.05) is 13.1 Å². The van der Waals surface area contributed by atoms with Crippen molar-refractivity contribution in [3.05, 3.63) is 90.0 Å². The van der Waals surface area contributed by atoms with Gasteiger partial charge in [0.15, 0.2) is 0 Å². The van der Waals surface area contributed by atoms with Crippen LogP contribution < -0.4 is 5.32 Å². The van der Waals surface area contributed by atoms with Gasteiger partial charge in [-0.05, 0) is 86.7 Å². The van der Waals surface area contributed by atoms with Gasteiger partial charge < -0.3 is 5.32 Å². The highest BCUT2D eigenvalue weighted by Crippen LogP contribution is 2.39. The predicted molar refractivity (Wildman–Crippen MR) is 130 cm³/mol. The van der Waals surface area contributed by atoms with Crippen LogP contribution >= 0.6 is 0 Å². The molecule has 1 saturated heterocycles. The van der Waals surface area contributed by atoms with E-state index in [1.807, 2.05) is 50.4 Å². The van der Waals surface area contributed by atoms with Gasteiger partial charge in [0.1, 0.15) is 5.82 Å². The quantitative estimate of drug-likeness (QED) is 0.541. The highest BCUT2D eigenvalue weighted by Gasteiger charge is 2.42. The second-order valence-corrected chi connectivity index (χ2v) is 9.39. The first-order valence-corrected chi connectivity index (χ1v) is 11.7. The van der Waals surface area contributed by atoms with Gasteiger partial charge in [0.2, 0.25) is 5.91 Å². The number of nitrogens with one attached hydrogen (secondary N) is 1. The predicted octanol–water partition coefficient (Wildman–Crippen LogP) is 5.24. The Kier molecular flexibility index (Phi) is 7.19. The van der Waals surface area contributed by atoms with Crippen molar-refractivity contribution in [2.24, 2.45) is 5.41 Å². The molecular formula is C28H32FN3O. The normalized spacial score (nSPS) is 16.0. The number of carbonyl (C=O) groups is 1. The molecule has 172 valence electrons. The minimum Gasteiger partial charge on any atom is -0.353 e. The smallest absolute Gasteiger partial charge is 0.226 e. The van der Waals surface area contributed by atoms with E-state index < -0.39 is 5.41 Å². The fourth-order valence-corrected chi connectivity index (χ4v) is 4.77. The molecule has 2 aromatic carbocycles. The third-order valence-electron chi connectivity index (χ3n) is 6.53. The van der Waals surface area contributed by atoms with Gasteiger partial charge in [-0.2, -0.15) is 0 Å². The van der Waals surface area contributed by atoms with E-state index in [-0.39, 0.29) is 17.8 Å². The summed E-state index contributed by atoms with van der Waals surface area (Å²) in [4.78, 5) is 20.1. The number of halogens is 1. The lowest BCUT2D eigenvalue weighted by atomic mass is 9.71. The lowest BCUT2D eigenvalue weighted by Crippen LogP contribution is -2.51. The molecule has 1 aliphatic heterocycles. The van der Waals surface area contributed by atoms with Crippen LogP contribution in [0.3, 0.4) is 0 Å². The van der Waals surface area contributed by atoms with E-state index in [0.717, 1.165) is 49.2 Å². The van der Waals surface area contributed by atoms with Crippen LogP contribution in [0.25, 0.3) is 11.1 Å². The lowest BCUT2D eigenvalue weighted by molar-refractivity contribution is -0.134. The Morgan fingerprint density at radius 2 is 1.88 bits per heavy atom. The summed E-state index contributed by atoms with van der Waals surface area (Å²) in [6.07, 6.45) is 5.89. The van der Waals surface area contributed by atoms with E-state index in [0.29, 0.717) is 6.42 Å². The second-order valence-electron chi connectivity index (χ2n) is 9.39. The third-order valence-corrected chi connectivity index (χ3v) is 6.53. The molecular weight excluding hydrogens is 413 g/mol. The van der Waals surface area contributed by atoms with Crippen LogP contribution in [-0.4, -0.2) is 34.9 Å². The molecule has 1 aliphatic rings. The number of aromatic nitrogens is 1. The van der Waals surface area contributed by atoms with Crippen molar-refractivity contribution in [1.82, 2.24) is 15.2 Å². The fourth-order valence-electron chi connectivity index (χ4n) is 4.77. The largest absolute Gasteiger partial charge is 0.353 e. The molecule has 4 nitrogen and oxygen atoms in total. The summed E-state index contributed by atoms with van der Waals surface area (Å²) in [6.45, 7) is 6.55. The zero-order valence-corrected chi connectivity index (χ0v) is 19.4. The minimum atomic E-state index is -0.487. The van der Waals surface area contributed by atoms with Gasteiger partial charge in [0.05, 0.1) is 5.41 Å². The van der Waals surface area contributed by atoms with Gasteiger partial charge in [0, 0.05) is 25.0 Å². The minimum absolute atomic E-state index is 0.0845. The molecule has 5 heteroatoms. The van der Waals surface area contributed by atoms with E-state index in [2.05, 4.69) is 27.3 Å². The average Bonchev–Trinajstić information content (AvgIpc) is 2.81. The van der Waals surface area contributed by atoms with Crippen LogP contribution in [0.1, 0.15) is 37.8 Å². The summed E-state index contributed by atoms with van der Waals surface area (Å²) in [7, 11) is 0. The summed E-state index contributed by atoms with van der Waals surface area (Å²) >= 11 is 0. The van der Waals surface area contributed by atoms with Crippen LogP contribution in [0.5, 0.6) is 0 Å². The molecule has 0 atom stereocenters. The van der Waals surface area contributed by atoms with Crippen molar-refractivity contribution in [3.63, 3.8) is 0 Å². The molecule has 4 rings (SSSR count). The molecule has 1 aromatic heterocycles. The Hall–Kier alpha value is -3.05. The van der Waals surface area contributed by atoms with Crippen LogP contribution in [0.4, 0.5) is 4.39 Å². The molecule has 2 heterocycles. The number of carbonyl (C=O) groups excluding carboxylic acids is 1. The Balaban J connectivity index is 1.58. The zero-order chi connectivity index (χ0) is 23.3. The van der Waals surface area contributed by atoms with Gasteiger partial charge in [-0.25, -0.2) is 4.39 Å². The van der Waals surface area contributed by atoms with E-state index in [4.69, 9.17) is 0 Å². The topological polar surface area (TPSA) is 45.2 Å². The maximum atomic E-state index is 13.9. The molecule has 3 aromatic rings. The van der Waals surface area contributed by atoms with Crippen LogP contribution in [0.15, 0.2) is 73.1 Å². The zero-order valence-electron chi connectivity index (χ0n) is 19.4. The highest BCUT2D eigenvalue weighted by molar-refractivity contribution is 5.84. The lowest BCUT2D eigenvalue weighted by Gasteiger charge is -2.41. The number of hydrogen-bond donors (Lipinski definition) is 1. The number of pyridine rings is 1. The average molecular weight is 446 g/mol. The van der Waals surface area contributed by atoms with Gasteiger partial charge in [-0.15, -0.1) is 0 Å². The summed E-state index contributed by atoms with van der Waals surface area (Å²) in [5.74, 6) is -0.133. The molecule has 0 radical (unpaired) electrons. The van der Waals surface area contributed by atoms with E-state index in [1.54, 1.807) is 18.3 Å². The summed E-state index contributed by atoms with van der Waals surface area (Å²) in [6, 6.07) is 18.9. The maximum Gasteiger partial charge on any atom is 0.226 e. The molecule has 0 bridgehead atoms. The van der Waals surface area contributed by atoms with E-state index in [9.17, 15) is 9.18 Å². The summed E-state index contributed by atoms with van der Waals surface area (Å²) in [5.41, 5.74) is 3.63. The maximum absolute atomic E-state index is 13.9. The summed E-state index contributed by atoms with van der Waals surface area (Å²) in [5, 5.41) is 3.18. The molecule has 0 aliphatic carbocycles. The number of piperidine rings is 1. The van der Waals surface area contributed by atoms with Gasteiger partial charge in [0.25, 0.3) is 0 Å². The number of amides is 1. The van der Waals surface area contributed by atoms with Crippen molar-refractivity contribution in [2.45, 2.75) is 45.7 Å². The molecule has 1 amide bonds. The number of likely N-dealkylation sites (tertiary alicyclic amines) is 1. The Morgan fingerprint density at radius 3 is 2.58 bits per heavy atom. The molecule has 1 fully saturated rings. The number of rotatable bonds is 7. The van der Waals surface area contributed by atoms with Crippen LogP contribution in [0, 0.1) is 11.2 Å². The van der Waals surface area contributed by atoms with Crippen LogP contribution in [0.2, 0.25) is 0 Å². The SMILES string of the molecule is CC(C)NC(=O)C1(Cc2ccccc2-c2cccc(F)c2)CCN(Cc2cccnc2)CC1. The second kappa shape index (κ2) is 10.3. The van der Waals surface area contributed by atoms with Crippen molar-refractivity contribution in [1.29, 1.82) is 0 Å². The first kappa shape index (κ1) is 23.1. The van der Waals surface area contributed by atoms with Gasteiger partial charge >= 0.3 is 0 Å². The molecule has 0 spiro atoms. The van der Waals surface area contributed by atoms with Crippen molar-refractivity contribution < 1.29 is 9.18 Å². The highest BCUT2D eigenvalue weighted by atomic mass is 19.1. The first-order valence-electron chi connectivity index (χ1n) is 11.7. The third kappa shape index (κ3) is 5.66. The molecule has 0 unspecified atom stereocenters. The monoisotopic (exact) mass is 445 g/mol. The Bertz CT molecular complexity index is 1080.